The molecular formula is C21H25N3O3. The largest absolute Gasteiger partial charge is 0.493 e. The molecule has 0 radical (unpaired) electrons. The van der Waals surface area contributed by atoms with Crippen LogP contribution in [0.25, 0.3) is 10.9 Å². The number of primary amides is 1. The van der Waals surface area contributed by atoms with Gasteiger partial charge in [0.15, 0.2) is 11.5 Å². The Labute approximate surface area is 158 Å². The van der Waals surface area contributed by atoms with Crippen LogP contribution in [0.2, 0.25) is 0 Å². The van der Waals surface area contributed by atoms with E-state index in [4.69, 9.17) is 15.2 Å². The highest BCUT2D eigenvalue weighted by molar-refractivity contribution is 5.84. The SMILES string of the molecule is COc1cccc(CNCc2cn(CCC(N)=O)c3ccccc23)c1OC. The highest BCUT2D eigenvalue weighted by Gasteiger charge is 2.11. The van der Waals surface area contributed by atoms with Gasteiger partial charge in [-0.15, -0.1) is 0 Å². The molecule has 0 fully saturated rings. The van der Waals surface area contributed by atoms with Crippen LogP contribution >= 0.6 is 0 Å². The summed E-state index contributed by atoms with van der Waals surface area (Å²) in [5, 5.41) is 4.65. The van der Waals surface area contributed by atoms with E-state index in [1.807, 2.05) is 30.3 Å². The molecular weight excluding hydrogens is 342 g/mol. The van der Waals surface area contributed by atoms with E-state index in [-0.39, 0.29) is 5.91 Å². The second-order valence-corrected chi connectivity index (χ2v) is 6.34. The highest BCUT2D eigenvalue weighted by atomic mass is 16.5. The van der Waals surface area contributed by atoms with Crippen molar-refractivity contribution < 1.29 is 14.3 Å². The summed E-state index contributed by atoms with van der Waals surface area (Å²) in [6, 6.07) is 14.0. The van der Waals surface area contributed by atoms with Crippen LogP contribution in [0.5, 0.6) is 11.5 Å². The van der Waals surface area contributed by atoms with E-state index in [1.165, 1.54) is 10.9 Å². The summed E-state index contributed by atoms with van der Waals surface area (Å²) in [6.07, 6.45) is 2.41. The predicted octanol–water partition coefficient (Wildman–Crippen LogP) is 2.82. The van der Waals surface area contributed by atoms with E-state index in [0.29, 0.717) is 26.1 Å². The Kier molecular flexibility index (Phi) is 5.98. The zero-order valence-corrected chi connectivity index (χ0v) is 15.7. The molecule has 0 atom stereocenters. The molecule has 27 heavy (non-hydrogen) atoms. The number of para-hydroxylation sites is 2. The first-order valence-electron chi connectivity index (χ1n) is 8.89. The molecule has 6 nitrogen and oxygen atoms in total. The molecule has 1 amide bonds. The van der Waals surface area contributed by atoms with E-state index in [9.17, 15) is 4.79 Å². The number of aromatic nitrogens is 1. The number of benzene rings is 2. The molecule has 3 aromatic rings. The van der Waals surface area contributed by atoms with E-state index >= 15 is 0 Å². The number of carbonyl (C=O) groups is 1. The number of aryl methyl sites for hydroxylation is 1. The van der Waals surface area contributed by atoms with Gasteiger partial charge in [0.2, 0.25) is 5.91 Å². The molecule has 0 bridgehead atoms. The molecule has 0 saturated heterocycles. The molecule has 0 saturated carbocycles. The molecule has 0 spiro atoms. The summed E-state index contributed by atoms with van der Waals surface area (Å²) in [4.78, 5) is 11.1. The number of nitrogens with zero attached hydrogens (tertiary/aromatic N) is 1. The number of nitrogens with one attached hydrogen (secondary N) is 1. The van der Waals surface area contributed by atoms with Crippen LogP contribution in [0, 0.1) is 0 Å². The van der Waals surface area contributed by atoms with Gasteiger partial charge in [0.05, 0.1) is 14.2 Å². The smallest absolute Gasteiger partial charge is 0.219 e. The van der Waals surface area contributed by atoms with Gasteiger partial charge >= 0.3 is 0 Å². The van der Waals surface area contributed by atoms with Gasteiger partial charge in [-0.3, -0.25) is 4.79 Å². The van der Waals surface area contributed by atoms with Crippen molar-refractivity contribution in [3.8, 4) is 11.5 Å². The zero-order valence-electron chi connectivity index (χ0n) is 15.7. The molecule has 142 valence electrons. The van der Waals surface area contributed by atoms with E-state index < -0.39 is 0 Å². The van der Waals surface area contributed by atoms with Gasteiger partial charge in [0.1, 0.15) is 0 Å². The Morgan fingerprint density at radius 3 is 2.56 bits per heavy atom. The zero-order chi connectivity index (χ0) is 19.2. The second kappa shape index (κ2) is 8.60. The second-order valence-electron chi connectivity index (χ2n) is 6.34. The maximum Gasteiger partial charge on any atom is 0.219 e. The lowest BCUT2D eigenvalue weighted by molar-refractivity contribution is -0.118. The van der Waals surface area contributed by atoms with Gasteiger partial charge in [-0.05, 0) is 17.7 Å². The molecule has 2 aromatic carbocycles. The van der Waals surface area contributed by atoms with Crippen LogP contribution in [-0.2, 0) is 24.4 Å². The molecule has 3 N–H and O–H groups in total. The van der Waals surface area contributed by atoms with E-state index in [2.05, 4.69) is 28.2 Å². The van der Waals surface area contributed by atoms with Crippen molar-refractivity contribution in [3.05, 3.63) is 59.8 Å². The lowest BCUT2D eigenvalue weighted by atomic mass is 10.1. The summed E-state index contributed by atoms with van der Waals surface area (Å²) in [7, 11) is 3.28. The molecule has 0 aliphatic rings. The minimum atomic E-state index is -0.294. The first kappa shape index (κ1) is 18.8. The van der Waals surface area contributed by atoms with Crippen LogP contribution in [0.4, 0.5) is 0 Å². The number of hydrogen-bond acceptors (Lipinski definition) is 4. The van der Waals surface area contributed by atoms with Gasteiger partial charge in [0, 0.05) is 48.7 Å². The maximum absolute atomic E-state index is 11.1. The predicted molar refractivity (Wildman–Crippen MR) is 106 cm³/mol. The minimum absolute atomic E-state index is 0.294. The van der Waals surface area contributed by atoms with Crippen LogP contribution in [0.3, 0.4) is 0 Å². The molecule has 1 heterocycles. The van der Waals surface area contributed by atoms with Crippen LogP contribution in [0.1, 0.15) is 17.5 Å². The molecule has 0 aliphatic carbocycles. The summed E-state index contributed by atoms with van der Waals surface area (Å²) < 4.78 is 12.9. The molecule has 0 aliphatic heterocycles. The van der Waals surface area contributed by atoms with Crippen molar-refractivity contribution in [1.29, 1.82) is 0 Å². The van der Waals surface area contributed by atoms with Gasteiger partial charge < -0.3 is 25.1 Å². The Morgan fingerprint density at radius 1 is 1.04 bits per heavy atom. The average Bonchev–Trinajstić information content (AvgIpc) is 3.04. The van der Waals surface area contributed by atoms with Gasteiger partial charge in [-0.25, -0.2) is 0 Å². The molecule has 1 aromatic heterocycles. The number of carbonyl (C=O) groups excluding carboxylic acids is 1. The van der Waals surface area contributed by atoms with Gasteiger partial charge in [-0.2, -0.15) is 0 Å². The first-order valence-corrected chi connectivity index (χ1v) is 8.89. The van der Waals surface area contributed by atoms with E-state index in [1.54, 1.807) is 14.2 Å². The normalized spacial score (nSPS) is 10.9. The summed E-state index contributed by atoms with van der Waals surface area (Å²) >= 11 is 0. The molecule has 0 unspecified atom stereocenters. The topological polar surface area (TPSA) is 78.5 Å². The monoisotopic (exact) mass is 367 g/mol. The number of amides is 1. The van der Waals surface area contributed by atoms with Crippen LogP contribution < -0.4 is 20.5 Å². The molecule has 3 rings (SSSR count). The van der Waals surface area contributed by atoms with Crippen molar-refractivity contribution in [2.75, 3.05) is 14.2 Å². The van der Waals surface area contributed by atoms with Crippen molar-refractivity contribution in [2.45, 2.75) is 26.1 Å². The highest BCUT2D eigenvalue weighted by Crippen LogP contribution is 2.30. The van der Waals surface area contributed by atoms with Crippen molar-refractivity contribution in [2.24, 2.45) is 5.73 Å². The quantitative estimate of drug-likeness (QED) is 0.610. The number of fused-ring (bicyclic) bond motifs is 1. The number of rotatable bonds is 9. The number of nitrogens with two attached hydrogens (primary N) is 1. The summed E-state index contributed by atoms with van der Waals surface area (Å²) in [6.45, 7) is 1.94. The summed E-state index contributed by atoms with van der Waals surface area (Å²) in [5.74, 6) is 1.17. The third-order valence-corrected chi connectivity index (χ3v) is 4.59. The first-order chi connectivity index (χ1) is 13.1. The summed E-state index contributed by atoms with van der Waals surface area (Å²) in [5.41, 5.74) is 8.62. The molecule has 6 heteroatoms. The minimum Gasteiger partial charge on any atom is -0.493 e. The van der Waals surface area contributed by atoms with E-state index in [0.717, 1.165) is 22.6 Å². The third-order valence-electron chi connectivity index (χ3n) is 4.59. The van der Waals surface area contributed by atoms with Crippen LogP contribution in [-0.4, -0.2) is 24.7 Å². The van der Waals surface area contributed by atoms with Crippen molar-refractivity contribution in [3.63, 3.8) is 0 Å². The Balaban J connectivity index is 1.75. The number of hydrogen-bond donors (Lipinski definition) is 2. The van der Waals surface area contributed by atoms with Crippen LogP contribution in [0.15, 0.2) is 48.7 Å². The third kappa shape index (κ3) is 4.23. The average molecular weight is 367 g/mol. The van der Waals surface area contributed by atoms with Gasteiger partial charge in [-0.1, -0.05) is 30.3 Å². The Hall–Kier alpha value is -2.99. The Morgan fingerprint density at radius 2 is 1.81 bits per heavy atom. The lowest BCUT2D eigenvalue weighted by Gasteiger charge is -2.13. The Bertz CT molecular complexity index is 934. The number of methoxy groups -OCH3 is 2. The van der Waals surface area contributed by atoms with Crippen molar-refractivity contribution >= 4 is 16.8 Å². The van der Waals surface area contributed by atoms with Gasteiger partial charge in [0.25, 0.3) is 0 Å². The number of ether oxygens (including phenoxy) is 2. The standard InChI is InChI=1S/C21H25N3O3/c1-26-19-9-5-6-15(21(19)27-2)12-23-13-16-14-24(11-10-20(22)25)18-8-4-3-7-17(16)18/h3-9,14,23H,10-13H2,1-2H3,(H2,22,25). The van der Waals surface area contributed by atoms with Crippen molar-refractivity contribution in [1.82, 2.24) is 9.88 Å². The lowest BCUT2D eigenvalue weighted by Crippen LogP contribution is -2.14. The fourth-order valence-corrected chi connectivity index (χ4v) is 3.30. The fraction of sp³-hybridized carbons (Fsp3) is 0.286. The maximum atomic E-state index is 11.1. The fourth-order valence-electron chi connectivity index (χ4n) is 3.30.